The number of hydrogen-bond donors (Lipinski definition) is 1. The van der Waals surface area contributed by atoms with E-state index in [0.717, 1.165) is 36.0 Å². The summed E-state index contributed by atoms with van der Waals surface area (Å²) >= 11 is 0. The van der Waals surface area contributed by atoms with Crippen LogP contribution in [0.4, 0.5) is 0 Å². The maximum atomic E-state index is 11.2. The summed E-state index contributed by atoms with van der Waals surface area (Å²) in [5.41, 5.74) is 3.10. The van der Waals surface area contributed by atoms with Gasteiger partial charge in [-0.25, -0.2) is 0 Å². The van der Waals surface area contributed by atoms with Crippen LogP contribution in [0.15, 0.2) is 54.3 Å². The molecule has 0 unspecified atom stereocenters. The average molecular weight is 238 g/mol. The highest BCUT2D eigenvalue weighted by molar-refractivity contribution is 5.89. The quantitative estimate of drug-likeness (QED) is 0.834. The Kier molecular flexibility index (Phi) is 2.73. The maximum absolute atomic E-state index is 11.2. The molecule has 0 amide bonds. The zero-order valence-electron chi connectivity index (χ0n) is 9.97. The zero-order chi connectivity index (χ0) is 12.4. The minimum atomic E-state index is 0.728. The molecular weight excluding hydrogens is 224 g/mol. The van der Waals surface area contributed by atoms with Gasteiger partial charge in [0, 0.05) is 24.0 Å². The van der Waals surface area contributed by atoms with Crippen molar-refractivity contribution < 1.29 is 4.79 Å². The molecule has 1 aromatic carbocycles. The Balaban J connectivity index is 2.06. The van der Waals surface area contributed by atoms with E-state index < -0.39 is 0 Å². The Morgan fingerprint density at radius 1 is 1.33 bits per heavy atom. The fourth-order valence-electron chi connectivity index (χ4n) is 2.32. The molecule has 1 N–H and O–H groups in total. The molecule has 2 aromatic rings. The van der Waals surface area contributed by atoms with E-state index in [9.17, 15) is 4.79 Å². The molecule has 0 aliphatic carbocycles. The summed E-state index contributed by atoms with van der Waals surface area (Å²) in [5, 5.41) is 4.29. The minimum absolute atomic E-state index is 0.728. The smallest absolute Gasteiger partial charge is 0.166 e. The number of rotatable bonds is 3. The van der Waals surface area contributed by atoms with Crippen molar-refractivity contribution in [3.63, 3.8) is 0 Å². The van der Waals surface area contributed by atoms with Crippen LogP contribution < -0.4 is 5.32 Å². The van der Waals surface area contributed by atoms with Gasteiger partial charge in [0.2, 0.25) is 0 Å². The van der Waals surface area contributed by atoms with Crippen molar-refractivity contribution in [3.8, 4) is 0 Å². The van der Waals surface area contributed by atoms with Gasteiger partial charge in [-0.1, -0.05) is 24.3 Å². The second kappa shape index (κ2) is 4.53. The molecule has 0 radical (unpaired) electrons. The minimum Gasteiger partial charge on any atom is -0.387 e. The summed E-state index contributed by atoms with van der Waals surface area (Å²) in [6, 6.07) is 10.0. The van der Waals surface area contributed by atoms with Crippen molar-refractivity contribution in [2.75, 3.05) is 6.54 Å². The lowest BCUT2D eigenvalue weighted by Gasteiger charge is -2.13. The highest BCUT2D eigenvalue weighted by atomic mass is 16.1. The van der Waals surface area contributed by atoms with Crippen molar-refractivity contribution >= 4 is 17.2 Å². The second-order valence-corrected chi connectivity index (χ2v) is 4.40. The predicted molar refractivity (Wildman–Crippen MR) is 72.6 cm³/mol. The number of para-hydroxylation sites is 1. The fraction of sp³-hybridized carbons (Fsp3) is 0.133. The Hall–Kier alpha value is -2.29. The summed E-state index contributed by atoms with van der Waals surface area (Å²) < 4.78 is 2.06. The third-order valence-corrected chi connectivity index (χ3v) is 3.20. The first kappa shape index (κ1) is 10.8. The van der Waals surface area contributed by atoms with E-state index in [0.29, 0.717) is 0 Å². The van der Waals surface area contributed by atoms with Gasteiger partial charge >= 0.3 is 0 Å². The lowest BCUT2D eigenvalue weighted by Crippen LogP contribution is -2.17. The van der Waals surface area contributed by atoms with Crippen LogP contribution in [0.1, 0.15) is 10.5 Å². The molecule has 1 aromatic heterocycles. The molecule has 18 heavy (non-hydrogen) atoms. The number of benzene rings is 1. The Morgan fingerprint density at radius 3 is 3.00 bits per heavy atom. The van der Waals surface area contributed by atoms with Crippen molar-refractivity contribution in [3.05, 3.63) is 60.0 Å². The summed E-state index contributed by atoms with van der Waals surface area (Å²) in [4.78, 5) is 11.2. The third-order valence-electron chi connectivity index (χ3n) is 3.20. The molecule has 0 saturated heterocycles. The van der Waals surface area contributed by atoms with Gasteiger partial charge in [-0.3, -0.25) is 4.79 Å². The number of aldehydes is 1. The van der Waals surface area contributed by atoms with Crippen LogP contribution in [0.5, 0.6) is 0 Å². The topological polar surface area (TPSA) is 34.0 Å². The van der Waals surface area contributed by atoms with Gasteiger partial charge in [0.15, 0.2) is 6.29 Å². The number of nitrogens with one attached hydrogen (secondary N) is 1. The molecule has 0 atom stereocenters. The van der Waals surface area contributed by atoms with Crippen molar-refractivity contribution in [2.45, 2.75) is 6.54 Å². The van der Waals surface area contributed by atoms with Crippen LogP contribution in [-0.4, -0.2) is 17.4 Å². The largest absolute Gasteiger partial charge is 0.387 e. The van der Waals surface area contributed by atoms with Crippen molar-refractivity contribution in [1.29, 1.82) is 0 Å². The molecule has 1 aliphatic rings. The van der Waals surface area contributed by atoms with Gasteiger partial charge in [0.25, 0.3) is 0 Å². The van der Waals surface area contributed by atoms with E-state index in [4.69, 9.17) is 0 Å². The van der Waals surface area contributed by atoms with Crippen LogP contribution in [0.3, 0.4) is 0 Å². The van der Waals surface area contributed by atoms with Crippen molar-refractivity contribution in [2.24, 2.45) is 0 Å². The molecule has 2 heterocycles. The average Bonchev–Trinajstić information content (AvgIpc) is 2.78. The molecule has 3 heteroatoms. The molecule has 1 aliphatic heterocycles. The molecule has 3 rings (SSSR count). The zero-order valence-corrected chi connectivity index (χ0v) is 9.97. The van der Waals surface area contributed by atoms with Gasteiger partial charge < -0.3 is 9.88 Å². The number of hydrogen-bond acceptors (Lipinski definition) is 2. The van der Waals surface area contributed by atoms with Crippen molar-refractivity contribution in [1.82, 2.24) is 9.88 Å². The van der Waals surface area contributed by atoms with Crippen LogP contribution in [0.25, 0.3) is 10.9 Å². The molecule has 90 valence electrons. The number of dihydropyridines is 1. The predicted octanol–water partition coefficient (Wildman–Crippen LogP) is 2.50. The van der Waals surface area contributed by atoms with E-state index >= 15 is 0 Å². The number of allylic oxidation sites excluding steroid dienone is 2. The van der Waals surface area contributed by atoms with Gasteiger partial charge in [-0.2, -0.15) is 0 Å². The van der Waals surface area contributed by atoms with E-state index in [2.05, 4.69) is 22.0 Å². The van der Waals surface area contributed by atoms with Crippen LogP contribution in [-0.2, 0) is 6.54 Å². The Labute approximate surface area is 105 Å². The SMILES string of the molecule is O=Cc1cc2ccccc2n1CC1=CC=CNC1. The van der Waals surface area contributed by atoms with E-state index in [-0.39, 0.29) is 0 Å². The fourth-order valence-corrected chi connectivity index (χ4v) is 2.32. The number of fused-ring (bicyclic) bond motifs is 1. The third kappa shape index (κ3) is 1.84. The monoisotopic (exact) mass is 238 g/mol. The van der Waals surface area contributed by atoms with E-state index in [1.54, 1.807) is 0 Å². The number of nitrogens with zero attached hydrogens (tertiary/aromatic N) is 1. The van der Waals surface area contributed by atoms with Crippen LogP contribution in [0.2, 0.25) is 0 Å². The number of carbonyl (C=O) groups is 1. The normalized spacial score (nSPS) is 14.3. The number of carbonyl (C=O) groups excluding carboxylic acids is 1. The summed E-state index contributed by atoms with van der Waals surface area (Å²) in [7, 11) is 0. The molecule has 0 fully saturated rings. The second-order valence-electron chi connectivity index (χ2n) is 4.40. The highest BCUT2D eigenvalue weighted by Gasteiger charge is 2.09. The first-order valence-corrected chi connectivity index (χ1v) is 6.00. The number of aromatic nitrogens is 1. The Morgan fingerprint density at radius 2 is 2.22 bits per heavy atom. The summed E-state index contributed by atoms with van der Waals surface area (Å²) in [6.45, 7) is 1.58. The van der Waals surface area contributed by atoms with Gasteiger partial charge in [-0.05, 0) is 30.0 Å². The maximum Gasteiger partial charge on any atom is 0.166 e. The van der Waals surface area contributed by atoms with Crippen LogP contribution >= 0.6 is 0 Å². The molecule has 0 saturated carbocycles. The first-order valence-electron chi connectivity index (χ1n) is 6.00. The standard InChI is InChI=1S/C15H14N2O/c18-11-14-8-13-5-1-2-6-15(13)17(14)10-12-4-3-7-16-9-12/h1-8,11,16H,9-10H2. The molecular formula is C15H14N2O. The summed E-state index contributed by atoms with van der Waals surface area (Å²) in [5.74, 6) is 0. The van der Waals surface area contributed by atoms with Gasteiger partial charge in [0.1, 0.15) is 0 Å². The van der Waals surface area contributed by atoms with Gasteiger partial charge in [-0.15, -0.1) is 0 Å². The Bertz CT molecular complexity index is 650. The van der Waals surface area contributed by atoms with Crippen LogP contribution in [0, 0.1) is 0 Å². The first-order chi connectivity index (χ1) is 8.88. The highest BCUT2D eigenvalue weighted by Crippen LogP contribution is 2.20. The summed E-state index contributed by atoms with van der Waals surface area (Å²) in [6.07, 6.45) is 6.94. The van der Waals surface area contributed by atoms with E-state index in [1.165, 1.54) is 5.57 Å². The molecule has 0 bridgehead atoms. The van der Waals surface area contributed by atoms with E-state index in [1.807, 2.05) is 36.5 Å². The lowest BCUT2D eigenvalue weighted by molar-refractivity contribution is 0.111. The molecule has 3 nitrogen and oxygen atoms in total. The lowest BCUT2D eigenvalue weighted by atomic mass is 10.2. The molecule has 0 spiro atoms. The van der Waals surface area contributed by atoms with Gasteiger partial charge in [0.05, 0.1) is 5.69 Å².